The van der Waals surface area contributed by atoms with Gasteiger partial charge in [-0.2, -0.15) is 0 Å². The zero-order valence-electron chi connectivity index (χ0n) is 14.6. The summed E-state index contributed by atoms with van der Waals surface area (Å²) >= 11 is 0. The standard InChI is InChI=1S/C19H27N3O.ClH/c1-14(20)12-17-15(2)22(18-9-5-4-8-16(17)18)13-19(23)21-10-6-3-7-11-21;/h4-5,8-9,14H,3,6-7,10-13,20H2,1-2H3;1H. The molecule has 132 valence electrons. The van der Waals surface area contributed by atoms with Gasteiger partial charge in [0.05, 0.1) is 0 Å². The van der Waals surface area contributed by atoms with Crippen molar-refractivity contribution in [3.63, 3.8) is 0 Å². The number of hydrogen-bond donors (Lipinski definition) is 1. The van der Waals surface area contributed by atoms with Crippen molar-refractivity contribution in [1.82, 2.24) is 9.47 Å². The number of nitrogens with two attached hydrogens (primary N) is 1. The largest absolute Gasteiger partial charge is 0.341 e. The number of rotatable bonds is 4. The second-order valence-electron chi connectivity index (χ2n) is 6.79. The minimum atomic E-state index is 0. The van der Waals surface area contributed by atoms with Crippen LogP contribution in [-0.4, -0.2) is 34.5 Å². The van der Waals surface area contributed by atoms with Crippen molar-refractivity contribution in [3.8, 4) is 0 Å². The third-order valence-corrected chi connectivity index (χ3v) is 4.89. The molecule has 1 fully saturated rings. The van der Waals surface area contributed by atoms with Gasteiger partial charge in [0, 0.05) is 35.7 Å². The van der Waals surface area contributed by atoms with Gasteiger partial charge in [-0.15, -0.1) is 12.4 Å². The van der Waals surface area contributed by atoms with E-state index in [1.54, 1.807) is 0 Å². The number of carbonyl (C=O) groups excluding carboxylic acids is 1. The molecule has 1 aliphatic rings. The van der Waals surface area contributed by atoms with Gasteiger partial charge in [-0.3, -0.25) is 4.79 Å². The summed E-state index contributed by atoms with van der Waals surface area (Å²) in [5, 5.41) is 1.23. The molecule has 1 saturated heterocycles. The lowest BCUT2D eigenvalue weighted by Gasteiger charge is -2.27. The van der Waals surface area contributed by atoms with E-state index < -0.39 is 0 Å². The van der Waals surface area contributed by atoms with Crippen molar-refractivity contribution in [2.75, 3.05) is 13.1 Å². The number of aromatic nitrogens is 1. The molecule has 1 amide bonds. The molecule has 4 nitrogen and oxygen atoms in total. The fourth-order valence-electron chi connectivity index (χ4n) is 3.66. The van der Waals surface area contributed by atoms with Crippen LogP contribution in [0.1, 0.15) is 37.4 Å². The lowest BCUT2D eigenvalue weighted by Crippen LogP contribution is -2.37. The summed E-state index contributed by atoms with van der Waals surface area (Å²) in [6, 6.07) is 8.46. The van der Waals surface area contributed by atoms with E-state index in [4.69, 9.17) is 5.73 Å². The molecule has 0 spiro atoms. The number of carbonyl (C=O) groups is 1. The first kappa shape index (κ1) is 18.8. The molecular formula is C19H28ClN3O. The number of halogens is 1. The summed E-state index contributed by atoms with van der Waals surface area (Å²) in [7, 11) is 0. The Labute approximate surface area is 150 Å². The summed E-state index contributed by atoms with van der Waals surface area (Å²) < 4.78 is 2.17. The Balaban J connectivity index is 0.00000208. The van der Waals surface area contributed by atoms with E-state index in [9.17, 15) is 4.79 Å². The average molecular weight is 350 g/mol. The van der Waals surface area contributed by atoms with Crippen LogP contribution in [0.15, 0.2) is 24.3 Å². The van der Waals surface area contributed by atoms with Crippen LogP contribution in [0.25, 0.3) is 10.9 Å². The highest BCUT2D eigenvalue weighted by atomic mass is 35.5. The number of nitrogens with zero attached hydrogens (tertiary/aromatic N) is 2. The monoisotopic (exact) mass is 349 g/mol. The second kappa shape index (κ2) is 8.04. The average Bonchev–Trinajstić information content (AvgIpc) is 2.81. The summed E-state index contributed by atoms with van der Waals surface area (Å²) in [6.45, 7) is 6.39. The molecule has 2 aromatic rings. The number of para-hydroxylation sites is 1. The maximum atomic E-state index is 12.7. The summed E-state index contributed by atoms with van der Waals surface area (Å²) in [4.78, 5) is 14.7. The Morgan fingerprint density at radius 1 is 1.21 bits per heavy atom. The maximum absolute atomic E-state index is 12.7. The van der Waals surface area contributed by atoms with Gasteiger partial charge < -0.3 is 15.2 Å². The first-order valence-electron chi connectivity index (χ1n) is 8.68. The van der Waals surface area contributed by atoms with E-state index >= 15 is 0 Å². The van der Waals surface area contributed by atoms with Gasteiger partial charge in [0.1, 0.15) is 6.54 Å². The zero-order chi connectivity index (χ0) is 16.4. The molecule has 1 aliphatic heterocycles. The van der Waals surface area contributed by atoms with Crippen LogP contribution >= 0.6 is 12.4 Å². The molecule has 1 atom stereocenters. The van der Waals surface area contributed by atoms with E-state index in [0.717, 1.165) is 37.9 Å². The van der Waals surface area contributed by atoms with Gasteiger partial charge in [0.25, 0.3) is 0 Å². The first-order valence-corrected chi connectivity index (χ1v) is 8.68. The molecule has 0 saturated carbocycles. The summed E-state index contributed by atoms with van der Waals surface area (Å²) in [6.07, 6.45) is 4.35. The Hall–Kier alpha value is -1.52. The smallest absolute Gasteiger partial charge is 0.242 e. The Morgan fingerprint density at radius 3 is 2.54 bits per heavy atom. The predicted molar refractivity (Wildman–Crippen MR) is 102 cm³/mol. The van der Waals surface area contributed by atoms with Crippen molar-refractivity contribution in [1.29, 1.82) is 0 Å². The first-order chi connectivity index (χ1) is 11.1. The molecule has 2 N–H and O–H groups in total. The van der Waals surface area contributed by atoms with Crippen molar-refractivity contribution in [2.45, 2.75) is 52.1 Å². The molecule has 0 aliphatic carbocycles. The van der Waals surface area contributed by atoms with Gasteiger partial charge in [-0.25, -0.2) is 0 Å². The van der Waals surface area contributed by atoms with Crippen LogP contribution < -0.4 is 5.73 Å². The molecule has 3 rings (SSSR count). The van der Waals surface area contributed by atoms with E-state index in [2.05, 4.69) is 29.7 Å². The number of hydrogen-bond acceptors (Lipinski definition) is 2. The molecule has 0 bridgehead atoms. The van der Waals surface area contributed by atoms with Gasteiger partial charge >= 0.3 is 0 Å². The van der Waals surface area contributed by atoms with Gasteiger partial charge in [-0.05, 0) is 51.2 Å². The van der Waals surface area contributed by atoms with Crippen LogP contribution in [0.4, 0.5) is 0 Å². The second-order valence-corrected chi connectivity index (χ2v) is 6.79. The van der Waals surface area contributed by atoms with Crippen LogP contribution in [0.5, 0.6) is 0 Å². The van der Waals surface area contributed by atoms with Crippen LogP contribution in [-0.2, 0) is 17.8 Å². The van der Waals surface area contributed by atoms with E-state index in [1.165, 1.54) is 23.1 Å². The normalized spacial score (nSPS) is 16.0. The third-order valence-electron chi connectivity index (χ3n) is 4.89. The minimum Gasteiger partial charge on any atom is -0.341 e. The lowest BCUT2D eigenvalue weighted by molar-refractivity contribution is -0.132. The molecule has 24 heavy (non-hydrogen) atoms. The minimum absolute atomic E-state index is 0. The fourth-order valence-corrected chi connectivity index (χ4v) is 3.66. The Kier molecular flexibility index (Phi) is 6.30. The Bertz CT molecular complexity index is 702. The number of benzene rings is 1. The number of fused-ring (bicyclic) bond motifs is 1. The van der Waals surface area contributed by atoms with Crippen molar-refractivity contribution < 1.29 is 4.79 Å². The molecule has 0 radical (unpaired) electrons. The lowest BCUT2D eigenvalue weighted by atomic mass is 10.0. The highest BCUT2D eigenvalue weighted by Crippen LogP contribution is 2.27. The third kappa shape index (κ3) is 3.76. The quantitative estimate of drug-likeness (QED) is 0.920. The number of amides is 1. The molecular weight excluding hydrogens is 322 g/mol. The van der Waals surface area contributed by atoms with Gasteiger partial charge in [-0.1, -0.05) is 18.2 Å². The topological polar surface area (TPSA) is 51.3 Å². The molecule has 1 unspecified atom stereocenters. The fraction of sp³-hybridized carbons (Fsp3) is 0.526. The summed E-state index contributed by atoms with van der Waals surface area (Å²) in [5.74, 6) is 0.237. The van der Waals surface area contributed by atoms with Crippen molar-refractivity contribution >= 4 is 29.2 Å². The molecule has 5 heteroatoms. The van der Waals surface area contributed by atoms with Gasteiger partial charge in [0.2, 0.25) is 5.91 Å². The molecule has 1 aromatic carbocycles. The predicted octanol–water partition coefficient (Wildman–Crippen LogP) is 3.27. The SMILES string of the molecule is Cc1c(CC(C)N)c2ccccc2n1CC(=O)N1CCCCC1.Cl. The van der Waals surface area contributed by atoms with Crippen molar-refractivity contribution in [3.05, 3.63) is 35.5 Å². The highest BCUT2D eigenvalue weighted by molar-refractivity contribution is 5.87. The number of likely N-dealkylation sites (tertiary alicyclic amines) is 1. The summed E-state index contributed by atoms with van der Waals surface area (Å²) in [5.41, 5.74) is 9.63. The van der Waals surface area contributed by atoms with E-state index in [0.29, 0.717) is 6.54 Å². The van der Waals surface area contributed by atoms with Crippen LogP contribution in [0.2, 0.25) is 0 Å². The van der Waals surface area contributed by atoms with Crippen LogP contribution in [0.3, 0.4) is 0 Å². The zero-order valence-corrected chi connectivity index (χ0v) is 15.4. The van der Waals surface area contributed by atoms with Gasteiger partial charge in [0.15, 0.2) is 0 Å². The highest BCUT2D eigenvalue weighted by Gasteiger charge is 2.20. The van der Waals surface area contributed by atoms with Crippen LogP contribution in [0, 0.1) is 6.92 Å². The maximum Gasteiger partial charge on any atom is 0.242 e. The van der Waals surface area contributed by atoms with E-state index in [1.807, 2.05) is 17.9 Å². The number of piperidine rings is 1. The molecule has 2 heterocycles. The van der Waals surface area contributed by atoms with E-state index in [-0.39, 0.29) is 24.4 Å². The Morgan fingerprint density at radius 2 is 1.88 bits per heavy atom. The molecule has 1 aromatic heterocycles. The van der Waals surface area contributed by atoms with Crippen molar-refractivity contribution in [2.24, 2.45) is 5.73 Å².